The van der Waals surface area contributed by atoms with E-state index in [9.17, 15) is 29.6 Å². The Morgan fingerprint density at radius 1 is 1.04 bits per heavy atom. The maximum absolute atomic E-state index is 13.0. The van der Waals surface area contributed by atoms with E-state index in [2.05, 4.69) is 20.2 Å². The van der Waals surface area contributed by atoms with Gasteiger partial charge in [-0.3, -0.25) is 4.79 Å². The first kappa shape index (κ1) is 36.7. The molecule has 0 saturated carbocycles. The smallest absolute Gasteiger partial charge is 0.480 e. The number of carbonyl (C=O) groups excluding carboxylic acids is 2. The summed E-state index contributed by atoms with van der Waals surface area (Å²) in [5.74, 6) is -0.385. The van der Waals surface area contributed by atoms with Crippen molar-refractivity contribution in [2.24, 2.45) is 5.92 Å². The van der Waals surface area contributed by atoms with Crippen molar-refractivity contribution in [3.8, 4) is 22.5 Å². The summed E-state index contributed by atoms with van der Waals surface area (Å²) in [6.45, 7) is 7.31. The number of hydrogen-bond donors (Lipinski definition) is 1. The summed E-state index contributed by atoms with van der Waals surface area (Å²) < 4.78 is 10.3. The normalized spacial score (nSPS) is 12.3. The van der Waals surface area contributed by atoms with Crippen LogP contribution in [0.1, 0.15) is 58.7 Å². The number of nitrogens with zero attached hydrogens (tertiary/aromatic N) is 6. The lowest BCUT2D eigenvalue weighted by molar-refractivity contribution is -0.756. The molecule has 0 aliphatic heterocycles. The van der Waals surface area contributed by atoms with Crippen LogP contribution < -0.4 is 0 Å². The monoisotopic (exact) mass is 672 g/mol. The van der Waals surface area contributed by atoms with Gasteiger partial charge in [0.25, 0.3) is 5.09 Å². The van der Waals surface area contributed by atoms with E-state index in [1.54, 1.807) is 20.8 Å². The van der Waals surface area contributed by atoms with Crippen LogP contribution in [0.25, 0.3) is 22.5 Å². The maximum Gasteiger partial charge on any atom is 0.510 e. The number of thioether (sulfide) groups is 1. The van der Waals surface area contributed by atoms with Crippen LogP contribution in [0.15, 0.2) is 48.5 Å². The van der Waals surface area contributed by atoms with Gasteiger partial charge in [0, 0.05) is 30.0 Å². The minimum absolute atomic E-state index is 0.0436. The Bertz CT molecular complexity index is 1480. The summed E-state index contributed by atoms with van der Waals surface area (Å²) in [6, 6.07) is 14.1. The van der Waals surface area contributed by atoms with Gasteiger partial charge < -0.3 is 24.3 Å². The number of aromatic nitrogens is 4. The zero-order chi connectivity index (χ0) is 34.3. The average molecular weight is 673 g/mol. The molecule has 1 heterocycles. The van der Waals surface area contributed by atoms with Gasteiger partial charge in [0.1, 0.15) is 19.3 Å². The first-order valence-electron chi connectivity index (χ1n) is 15.2. The Kier molecular flexibility index (Phi) is 14.4. The molecule has 1 amide bonds. The Hall–Kier alpha value is -4.73. The molecule has 16 heteroatoms. The first-order chi connectivity index (χ1) is 22.5. The highest BCUT2D eigenvalue weighted by Crippen LogP contribution is 2.30. The van der Waals surface area contributed by atoms with Crippen LogP contribution in [0.5, 0.6) is 0 Å². The third kappa shape index (κ3) is 11.2. The second-order valence-electron chi connectivity index (χ2n) is 10.8. The Labute approximate surface area is 276 Å². The summed E-state index contributed by atoms with van der Waals surface area (Å²) in [6.07, 6.45) is -0.0212. The van der Waals surface area contributed by atoms with Crippen LogP contribution in [-0.4, -0.2) is 84.1 Å². The third-order valence-corrected chi connectivity index (χ3v) is 7.87. The number of carboxylic acid groups (broad SMARTS) is 1. The molecule has 0 aliphatic rings. The summed E-state index contributed by atoms with van der Waals surface area (Å²) in [5.41, 5.74) is 3.14. The number of tetrazole rings is 1. The molecular formula is C31H40N6O9S. The van der Waals surface area contributed by atoms with E-state index in [1.807, 2.05) is 55.5 Å². The molecule has 47 heavy (non-hydrogen) atoms. The van der Waals surface area contributed by atoms with Crippen molar-refractivity contribution in [3.05, 3.63) is 64.2 Å². The van der Waals surface area contributed by atoms with E-state index in [0.29, 0.717) is 35.7 Å². The van der Waals surface area contributed by atoms with Gasteiger partial charge in [0.05, 0.1) is 0 Å². The van der Waals surface area contributed by atoms with Gasteiger partial charge in [-0.25, -0.2) is 9.59 Å². The molecule has 0 aliphatic carbocycles. The van der Waals surface area contributed by atoms with E-state index in [4.69, 9.17) is 9.47 Å². The van der Waals surface area contributed by atoms with Crippen LogP contribution in [0.2, 0.25) is 0 Å². The fraction of sp³-hybridized carbons (Fsp3) is 0.484. The number of ether oxygens (including phenoxy) is 2. The Balaban J connectivity index is 1.67. The molecule has 0 spiro atoms. The predicted octanol–water partition coefficient (Wildman–Crippen LogP) is 5.25. The van der Waals surface area contributed by atoms with Crippen LogP contribution in [-0.2, 0) is 30.4 Å². The molecule has 1 N–H and O–H groups in total. The zero-order valence-corrected chi connectivity index (χ0v) is 27.6. The standard InChI is InChI=1S/C31H40N6O9S/c1-5-6-11-27(38)35(28(21(2)3)30(39)40)20-23-12-14-24(15-13-23)25-9-7-8-10-26(25)29-32-34-36(33-29)22(4)46-31(41)44-16-18-47-19-17-45-37(42)43/h7-10,12-15,21-22,28H,5-6,11,16-20H2,1-4H3,(H,39,40)/t22?,28-/m1/s1. The highest BCUT2D eigenvalue weighted by Gasteiger charge is 2.32. The SMILES string of the molecule is CCCCC(=O)N(Cc1ccc(-c2ccccc2-c2nnn(C(C)OC(=O)OCCSCCO[N+](=O)[O-])n2)cc1)[C@@H](C(=O)O)C(C)C. The van der Waals surface area contributed by atoms with Crippen molar-refractivity contribution in [2.45, 2.75) is 65.8 Å². The lowest BCUT2D eigenvalue weighted by Crippen LogP contribution is -2.47. The number of amides is 1. The molecule has 15 nitrogen and oxygen atoms in total. The summed E-state index contributed by atoms with van der Waals surface area (Å²) in [5, 5.41) is 31.8. The van der Waals surface area contributed by atoms with E-state index in [0.717, 1.165) is 27.9 Å². The molecule has 0 radical (unpaired) electrons. The third-order valence-electron chi connectivity index (χ3n) is 6.96. The summed E-state index contributed by atoms with van der Waals surface area (Å²) in [7, 11) is 0. The lowest BCUT2D eigenvalue weighted by atomic mass is 9.97. The van der Waals surface area contributed by atoms with Crippen LogP contribution in [0.3, 0.4) is 0 Å². The molecule has 3 aromatic rings. The highest BCUT2D eigenvalue weighted by molar-refractivity contribution is 7.99. The first-order valence-corrected chi connectivity index (χ1v) is 16.4. The van der Waals surface area contributed by atoms with E-state index < -0.39 is 29.5 Å². The summed E-state index contributed by atoms with van der Waals surface area (Å²) in [4.78, 5) is 54.2. The molecule has 0 fully saturated rings. The minimum Gasteiger partial charge on any atom is -0.480 e. The van der Waals surface area contributed by atoms with E-state index >= 15 is 0 Å². The van der Waals surface area contributed by atoms with Crippen LogP contribution in [0, 0.1) is 16.0 Å². The number of hydrogen-bond acceptors (Lipinski definition) is 12. The number of unbranched alkanes of at least 4 members (excludes halogenated alkanes) is 1. The maximum atomic E-state index is 13.0. The molecule has 0 bridgehead atoms. The number of benzene rings is 2. The molecule has 1 unspecified atom stereocenters. The Morgan fingerprint density at radius 2 is 1.72 bits per heavy atom. The van der Waals surface area contributed by atoms with Crippen LogP contribution in [0.4, 0.5) is 4.79 Å². The Morgan fingerprint density at radius 3 is 2.36 bits per heavy atom. The fourth-order valence-corrected chi connectivity index (χ4v) is 5.27. The largest absolute Gasteiger partial charge is 0.510 e. The fourth-order valence-electron chi connectivity index (χ4n) is 4.67. The van der Waals surface area contributed by atoms with Gasteiger partial charge in [-0.15, -0.1) is 25.1 Å². The van der Waals surface area contributed by atoms with Crippen molar-refractivity contribution in [1.29, 1.82) is 0 Å². The number of carboxylic acids is 1. The van der Waals surface area contributed by atoms with Gasteiger partial charge >= 0.3 is 12.1 Å². The molecule has 254 valence electrons. The molecule has 1 aromatic heterocycles. The van der Waals surface area contributed by atoms with E-state index in [1.165, 1.54) is 16.7 Å². The quantitative estimate of drug-likeness (QED) is 0.0753. The number of rotatable bonds is 19. The van der Waals surface area contributed by atoms with E-state index in [-0.39, 0.29) is 31.6 Å². The highest BCUT2D eigenvalue weighted by atomic mass is 32.2. The van der Waals surface area contributed by atoms with Gasteiger partial charge in [0.15, 0.2) is 0 Å². The van der Waals surface area contributed by atoms with Crippen molar-refractivity contribution >= 4 is 29.8 Å². The average Bonchev–Trinajstić information content (AvgIpc) is 3.53. The van der Waals surface area contributed by atoms with Crippen molar-refractivity contribution in [2.75, 3.05) is 24.7 Å². The molecule has 3 rings (SSSR count). The lowest BCUT2D eigenvalue weighted by Gasteiger charge is -2.32. The minimum atomic E-state index is -1.03. The van der Waals surface area contributed by atoms with Crippen molar-refractivity contribution < 1.29 is 38.9 Å². The molecular weight excluding hydrogens is 632 g/mol. The molecule has 0 saturated heterocycles. The van der Waals surface area contributed by atoms with Gasteiger partial charge in [-0.2, -0.15) is 11.8 Å². The topological polar surface area (TPSA) is 189 Å². The number of carbonyl (C=O) groups is 3. The van der Waals surface area contributed by atoms with Gasteiger partial charge in [0.2, 0.25) is 18.0 Å². The van der Waals surface area contributed by atoms with Crippen molar-refractivity contribution in [1.82, 2.24) is 25.1 Å². The number of aliphatic carboxylic acids is 1. The second kappa shape index (κ2) is 18.4. The second-order valence-corrected chi connectivity index (χ2v) is 12.0. The van der Waals surface area contributed by atoms with Crippen LogP contribution >= 0.6 is 11.8 Å². The molecule has 2 aromatic carbocycles. The van der Waals surface area contributed by atoms with Gasteiger partial charge in [-0.05, 0) is 41.2 Å². The predicted molar refractivity (Wildman–Crippen MR) is 172 cm³/mol. The summed E-state index contributed by atoms with van der Waals surface area (Å²) >= 11 is 1.32. The zero-order valence-electron chi connectivity index (χ0n) is 26.8. The molecule has 2 atom stereocenters. The van der Waals surface area contributed by atoms with Crippen molar-refractivity contribution in [3.63, 3.8) is 0 Å². The van der Waals surface area contributed by atoms with Gasteiger partial charge in [-0.1, -0.05) is 75.7 Å².